The van der Waals surface area contributed by atoms with Crippen LogP contribution in [0.25, 0.3) is 6.08 Å². The van der Waals surface area contributed by atoms with Gasteiger partial charge in [-0.2, -0.15) is 18.4 Å². The number of nitriles is 1. The molecule has 30 heavy (non-hydrogen) atoms. The molecule has 0 bridgehead atoms. The normalized spacial score (nSPS) is 11.5. The Morgan fingerprint density at radius 3 is 2.60 bits per heavy atom. The second-order valence-corrected chi connectivity index (χ2v) is 6.31. The molecule has 1 N–H and O–H groups in total. The molecule has 0 unspecified atom stereocenters. The van der Waals surface area contributed by atoms with Crippen LogP contribution in [0.15, 0.2) is 48.0 Å². The number of anilines is 1. The third-order valence-electron chi connectivity index (χ3n) is 4.07. The van der Waals surface area contributed by atoms with E-state index in [2.05, 4.69) is 5.32 Å². The fourth-order valence-corrected chi connectivity index (χ4v) is 2.51. The van der Waals surface area contributed by atoms with Gasteiger partial charge in [-0.15, -0.1) is 0 Å². The number of carbonyl (C=O) groups excluding carboxylic acids is 1. The van der Waals surface area contributed by atoms with Crippen LogP contribution in [0.3, 0.4) is 0 Å². The molecule has 0 aliphatic heterocycles. The van der Waals surface area contributed by atoms with Crippen molar-refractivity contribution in [1.29, 1.82) is 5.26 Å². The molecule has 0 aliphatic carbocycles. The topological polar surface area (TPSA) is 71.3 Å². The highest BCUT2D eigenvalue weighted by Crippen LogP contribution is 2.31. The van der Waals surface area contributed by atoms with Gasteiger partial charge in [-0.1, -0.05) is 25.5 Å². The number of unbranched alkanes of at least 4 members (excludes halogenated alkanes) is 1. The summed E-state index contributed by atoms with van der Waals surface area (Å²) in [6.45, 7) is 2.58. The quantitative estimate of drug-likeness (QED) is 0.352. The van der Waals surface area contributed by atoms with E-state index in [4.69, 9.17) is 9.47 Å². The van der Waals surface area contributed by atoms with Gasteiger partial charge in [0, 0.05) is 5.69 Å². The Balaban J connectivity index is 2.20. The van der Waals surface area contributed by atoms with Gasteiger partial charge < -0.3 is 14.8 Å². The van der Waals surface area contributed by atoms with Crippen LogP contribution in [0.5, 0.6) is 11.5 Å². The average molecular weight is 418 g/mol. The Morgan fingerprint density at radius 1 is 1.20 bits per heavy atom. The minimum absolute atomic E-state index is 0.0618. The number of hydrogen-bond donors (Lipinski definition) is 1. The van der Waals surface area contributed by atoms with Gasteiger partial charge in [0.15, 0.2) is 11.5 Å². The van der Waals surface area contributed by atoms with E-state index in [1.165, 1.54) is 25.3 Å². The van der Waals surface area contributed by atoms with Crippen LogP contribution in [-0.4, -0.2) is 19.6 Å². The Labute approximate surface area is 172 Å². The molecule has 8 heteroatoms. The van der Waals surface area contributed by atoms with Crippen LogP contribution >= 0.6 is 0 Å². The molecule has 2 aromatic carbocycles. The van der Waals surface area contributed by atoms with Gasteiger partial charge >= 0.3 is 6.18 Å². The van der Waals surface area contributed by atoms with Crippen molar-refractivity contribution in [3.05, 3.63) is 59.2 Å². The number of halogens is 3. The van der Waals surface area contributed by atoms with Crippen LogP contribution < -0.4 is 14.8 Å². The number of nitrogens with one attached hydrogen (secondary N) is 1. The summed E-state index contributed by atoms with van der Waals surface area (Å²) in [6, 6.07) is 10.9. The summed E-state index contributed by atoms with van der Waals surface area (Å²) in [7, 11) is 1.47. The zero-order valence-corrected chi connectivity index (χ0v) is 16.5. The van der Waals surface area contributed by atoms with Gasteiger partial charge in [-0.3, -0.25) is 4.79 Å². The van der Waals surface area contributed by atoms with Crippen LogP contribution in [0.2, 0.25) is 0 Å². The highest BCUT2D eigenvalue weighted by molar-refractivity contribution is 6.09. The molecule has 0 heterocycles. The maximum absolute atomic E-state index is 12.8. The molecule has 0 saturated heterocycles. The predicted octanol–water partition coefficient (Wildman–Crippen LogP) is 5.44. The van der Waals surface area contributed by atoms with E-state index in [0.29, 0.717) is 23.7 Å². The number of benzene rings is 2. The van der Waals surface area contributed by atoms with Gasteiger partial charge in [-0.05, 0) is 48.4 Å². The van der Waals surface area contributed by atoms with Crippen molar-refractivity contribution in [2.45, 2.75) is 25.9 Å². The van der Waals surface area contributed by atoms with Crippen molar-refractivity contribution >= 4 is 17.7 Å². The van der Waals surface area contributed by atoms with E-state index >= 15 is 0 Å². The molecule has 158 valence electrons. The molecule has 0 spiro atoms. The number of amides is 1. The van der Waals surface area contributed by atoms with Crippen molar-refractivity contribution in [2.75, 3.05) is 19.0 Å². The van der Waals surface area contributed by atoms with Crippen molar-refractivity contribution in [2.24, 2.45) is 0 Å². The summed E-state index contributed by atoms with van der Waals surface area (Å²) < 4.78 is 49.4. The zero-order valence-electron chi connectivity index (χ0n) is 16.5. The summed E-state index contributed by atoms with van der Waals surface area (Å²) in [6.07, 6.45) is -1.35. The average Bonchev–Trinajstić information content (AvgIpc) is 2.72. The van der Waals surface area contributed by atoms with E-state index in [1.54, 1.807) is 24.3 Å². The predicted molar refractivity (Wildman–Crippen MR) is 107 cm³/mol. The lowest BCUT2D eigenvalue weighted by Crippen LogP contribution is -2.14. The first-order valence-electron chi connectivity index (χ1n) is 9.19. The number of methoxy groups -OCH3 is 1. The summed E-state index contributed by atoms with van der Waals surface area (Å²) in [5.74, 6) is 0.157. The van der Waals surface area contributed by atoms with E-state index in [9.17, 15) is 23.2 Å². The molecule has 0 fully saturated rings. The minimum Gasteiger partial charge on any atom is -0.493 e. The Kier molecular flexibility index (Phi) is 7.87. The number of hydrogen-bond acceptors (Lipinski definition) is 4. The summed E-state index contributed by atoms with van der Waals surface area (Å²) in [5, 5.41) is 11.6. The van der Waals surface area contributed by atoms with Gasteiger partial charge in [0.05, 0.1) is 19.3 Å². The van der Waals surface area contributed by atoms with Crippen LogP contribution in [0.1, 0.15) is 30.9 Å². The van der Waals surface area contributed by atoms with Gasteiger partial charge in [0.1, 0.15) is 11.6 Å². The number of nitrogens with zero attached hydrogens (tertiary/aromatic N) is 1. The fraction of sp³-hybridized carbons (Fsp3) is 0.273. The first kappa shape index (κ1) is 22.8. The number of alkyl halides is 3. The smallest absolute Gasteiger partial charge is 0.416 e. The van der Waals surface area contributed by atoms with Gasteiger partial charge in [0.2, 0.25) is 0 Å². The molecule has 0 radical (unpaired) electrons. The molecular weight excluding hydrogens is 397 g/mol. The number of rotatable bonds is 8. The summed E-state index contributed by atoms with van der Waals surface area (Å²) >= 11 is 0. The largest absolute Gasteiger partial charge is 0.493 e. The second-order valence-electron chi connectivity index (χ2n) is 6.31. The third kappa shape index (κ3) is 6.27. The molecule has 2 rings (SSSR count). The molecule has 0 aliphatic rings. The van der Waals surface area contributed by atoms with Crippen molar-refractivity contribution in [3.63, 3.8) is 0 Å². The lowest BCUT2D eigenvalue weighted by Gasteiger charge is -2.11. The highest BCUT2D eigenvalue weighted by atomic mass is 19.4. The molecule has 5 nitrogen and oxygen atoms in total. The van der Waals surface area contributed by atoms with E-state index < -0.39 is 17.6 Å². The molecule has 0 aromatic heterocycles. The first-order chi connectivity index (χ1) is 14.3. The maximum atomic E-state index is 12.8. The van der Waals surface area contributed by atoms with E-state index in [1.807, 2.05) is 6.92 Å². The Bertz CT molecular complexity index is 963. The zero-order chi connectivity index (χ0) is 22.1. The molecule has 2 aromatic rings. The van der Waals surface area contributed by atoms with Crippen LogP contribution in [0, 0.1) is 11.3 Å². The Morgan fingerprint density at radius 2 is 1.97 bits per heavy atom. The summed E-state index contributed by atoms with van der Waals surface area (Å²) in [5.41, 5.74) is -0.723. The monoisotopic (exact) mass is 418 g/mol. The second kappa shape index (κ2) is 10.3. The van der Waals surface area contributed by atoms with E-state index in [0.717, 1.165) is 25.0 Å². The molecular formula is C22H21F3N2O3. The minimum atomic E-state index is -4.54. The van der Waals surface area contributed by atoms with Crippen LogP contribution in [0.4, 0.5) is 18.9 Å². The third-order valence-corrected chi connectivity index (χ3v) is 4.07. The van der Waals surface area contributed by atoms with Crippen molar-refractivity contribution in [1.82, 2.24) is 0 Å². The maximum Gasteiger partial charge on any atom is 0.416 e. The summed E-state index contributed by atoms with van der Waals surface area (Å²) in [4.78, 5) is 12.4. The fourth-order valence-electron chi connectivity index (χ4n) is 2.51. The molecule has 1 amide bonds. The number of carbonyl (C=O) groups is 1. The Hall–Kier alpha value is -3.47. The number of ether oxygens (including phenoxy) is 2. The molecule has 0 saturated carbocycles. The lowest BCUT2D eigenvalue weighted by atomic mass is 10.1. The SMILES string of the molecule is CCCCOc1ccc(C=C(C#N)C(=O)Nc2cccc(C(F)(F)F)c2)cc1OC. The van der Waals surface area contributed by atoms with Crippen LogP contribution in [-0.2, 0) is 11.0 Å². The van der Waals surface area contributed by atoms with Gasteiger partial charge in [0.25, 0.3) is 5.91 Å². The standard InChI is InChI=1S/C22H21F3N2O3/c1-3-4-10-30-19-9-8-15(12-20(19)29-2)11-16(14-26)21(28)27-18-7-5-6-17(13-18)22(23,24)25/h5-9,11-13H,3-4,10H2,1-2H3,(H,27,28). The first-order valence-corrected chi connectivity index (χ1v) is 9.19. The van der Waals surface area contributed by atoms with Gasteiger partial charge in [-0.25, -0.2) is 0 Å². The lowest BCUT2D eigenvalue weighted by molar-refractivity contribution is -0.137. The van der Waals surface area contributed by atoms with Crippen molar-refractivity contribution in [3.8, 4) is 17.6 Å². The highest BCUT2D eigenvalue weighted by Gasteiger charge is 2.30. The van der Waals surface area contributed by atoms with Crippen molar-refractivity contribution < 1.29 is 27.4 Å². The molecule has 0 atom stereocenters. The van der Waals surface area contributed by atoms with E-state index in [-0.39, 0.29) is 11.3 Å².